The van der Waals surface area contributed by atoms with Gasteiger partial charge in [-0.3, -0.25) is 0 Å². The summed E-state index contributed by atoms with van der Waals surface area (Å²) in [5, 5.41) is 3.36. The second-order valence-electron chi connectivity index (χ2n) is 4.19. The molecule has 0 unspecified atom stereocenters. The molecule has 1 aliphatic rings. The van der Waals surface area contributed by atoms with Crippen LogP contribution in [0.3, 0.4) is 0 Å². The van der Waals surface area contributed by atoms with Crippen LogP contribution in [-0.4, -0.2) is 16.1 Å². The van der Waals surface area contributed by atoms with Crippen molar-refractivity contribution < 1.29 is 0 Å². The summed E-state index contributed by atoms with van der Waals surface area (Å²) in [7, 11) is 0. The van der Waals surface area contributed by atoms with Crippen LogP contribution in [-0.2, 0) is 19.5 Å². The minimum Gasteiger partial charge on any atom is -0.329 e. The van der Waals surface area contributed by atoms with Crippen molar-refractivity contribution in [2.45, 2.75) is 33.4 Å². The van der Waals surface area contributed by atoms with Gasteiger partial charge in [-0.1, -0.05) is 13.8 Å². The topological polar surface area (TPSA) is 29.9 Å². The lowest BCUT2D eigenvalue weighted by Crippen LogP contribution is -2.29. The van der Waals surface area contributed by atoms with Gasteiger partial charge in [0.2, 0.25) is 0 Å². The number of aromatic nitrogens is 2. The van der Waals surface area contributed by atoms with E-state index in [1.807, 2.05) is 0 Å². The van der Waals surface area contributed by atoms with E-state index >= 15 is 0 Å². The average molecular weight is 258 g/mol. The third kappa shape index (κ3) is 1.86. The zero-order chi connectivity index (χ0) is 10.1. The standard InChI is InChI=1S/C10H16BrN3/c1-7(2)5-9-13-10(11)8-6-12-3-4-14(8)9/h7,12H,3-6H2,1-2H3. The highest BCUT2D eigenvalue weighted by atomic mass is 79.9. The molecule has 0 bridgehead atoms. The van der Waals surface area contributed by atoms with Crippen molar-refractivity contribution in [3.63, 3.8) is 0 Å². The van der Waals surface area contributed by atoms with Crippen molar-refractivity contribution >= 4 is 15.9 Å². The quantitative estimate of drug-likeness (QED) is 0.878. The second-order valence-corrected chi connectivity index (χ2v) is 4.94. The zero-order valence-corrected chi connectivity index (χ0v) is 10.3. The Bertz CT molecular complexity index is 330. The Balaban J connectivity index is 2.31. The first-order valence-corrected chi connectivity index (χ1v) is 5.92. The Kier molecular flexibility index (Phi) is 2.93. The molecule has 0 radical (unpaired) electrons. The maximum atomic E-state index is 4.57. The highest BCUT2D eigenvalue weighted by Crippen LogP contribution is 2.21. The summed E-state index contributed by atoms with van der Waals surface area (Å²) in [5.41, 5.74) is 1.30. The lowest BCUT2D eigenvalue weighted by Gasteiger charge is -2.18. The van der Waals surface area contributed by atoms with Crippen LogP contribution in [0, 0.1) is 5.92 Å². The molecule has 0 saturated carbocycles. The molecule has 0 aromatic carbocycles. The number of rotatable bonds is 2. The van der Waals surface area contributed by atoms with Gasteiger partial charge in [-0.2, -0.15) is 0 Å². The van der Waals surface area contributed by atoms with E-state index in [1.54, 1.807) is 0 Å². The van der Waals surface area contributed by atoms with Crippen LogP contribution in [0.1, 0.15) is 25.4 Å². The van der Waals surface area contributed by atoms with Gasteiger partial charge >= 0.3 is 0 Å². The molecule has 0 spiro atoms. The summed E-state index contributed by atoms with van der Waals surface area (Å²) in [6.07, 6.45) is 1.07. The third-order valence-electron chi connectivity index (χ3n) is 2.50. The van der Waals surface area contributed by atoms with E-state index in [0.29, 0.717) is 5.92 Å². The molecule has 2 heterocycles. The second kappa shape index (κ2) is 4.03. The highest BCUT2D eigenvalue weighted by Gasteiger charge is 2.18. The molecule has 1 aliphatic heterocycles. The van der Waals surface area contributed by atoms with Crippen LogP contribution in [0.4, 0.5) is 0 Å². The van der Waals surface area contributed by atoms with Crippen LogP contribution in [0.2, 0.25) is 0 Å². The van der Waals surface area contributed by atoms with Crippen molar-refractivity contribution in [1.82, 2.24) is 14.9 Å². The minimum absolute atomic E-state index is 0.670. The number of nitrogens with one attached hydrogen (secondary N) is 1. The maximum absolute atomic E-state index is 4.57. The fourth-order valence-corrected chi connectivity index (χ4v) is 2.42. The molecule has 1 aromatic rings. The lowest BCUT2D eigenvalue weighted by atomic mass is 10.1. The van der Waals surface area contributed by atoms with Gasteiger partial charge in [-0.05, 0) is 21.8 Å². The van der Waals surface area contributed by atoms with Crippen molar-refractivity contribution in [2.75, 3.05) is 6.54 Å². The Morgan fingerprint density at radius 2 is 2.36 bits per heavy atom. The number of hydrogen-bond acceptors (Lipinski definition) is 2. The minimum atomic E-state index is 0.670. The van der Waals surface area contributed by atoms with E-state index in [0.717, 1.165) is 30.7 Å². The van der Waals surface area contributed by atoms with Crippen molar-refractivity contribution in [1.29, 1.82) is 0 Å². The molecule has 0 amide bonds. The van der Waals surface area contributed by atoms with E-state index in [2.05, 4.69) is 44.6 Å². The molecular formula is C10H16BrN3. The average Bonchev–Trinajstić information content (AvgIpc) is 2.44. The Hall–Kier alpha value is -0.350. The maximum Gasteiger partial charge on any atom is 0.128 e. The summed E-state index contributed by atoms with van der Waals surface area (Å²) < 4.78 is 3.36. The third-order valence-corrected chi connectivity index (χ3v) is 3.13. The summed E-state index contributed by atoms with van der Waals surface area (Å²) in [4.78, 5) is 4.57. The molecular weight excluding hydrogens is 242 g/mol. The fourth-order valence-electron chi connectivity index (χ4n) is 1.86. The molecule has 1 N–H and O–H groups in total. The molecule has 78 valence electrons. The smallest absolute Gasteiger partial charge is 0.128 e. The van der Waals surface area contributed by atoms with Crippen LogP contribution in [0.25, 0.3) is 0 Å². The van der Waals surface area contributed by atoms with Crippen molar-refractivity contribution in [2.24, 2.45) is 5.92 Å². The van der Waals surface area contributed by atoms with Crippen molar-refractivity contribution in [3.05, 3.63) is 16.1 Å². The zero-order valence-electron chi connectivity index (χ0n) is 8.68. The molecule has 0 atom stereocenters. The van der Waals surface area contributed by atoms with Gasteiger partial charge in [-0.15, -0.1) is 0 Å². The molecule has 0 fully saturated rings. The SMILES string of the molecule is CC(C)Cc1nc(Br)c2n1CCNC2. The molecule has 14 heavy (non-hydrogen) atoms. The first-order valence-electron chi connectivity index (χ1n) is 5.13. The highest BCUT2D eigenvalue weighted by molar-refractivity contribution is 9.10. The Morgan fingerprint density at radius 1 is 1.57 bits per heavy atom. The van der Waals surface area contributed by atoms with E-state index in [-0.39, 0.29) is 0 Å². The lowest BCUT2D eigenvalue weighted by molar-refractivity contribution is 0.485. The summed E-state index contributed by atoms with van der Waals surface area (Å²) in [6.45, 7) is 7.51. The van der Waals surface area contributed by atoms with Gasteiger partial charge in [0.05, 0.1) is 5.69 Å². The monoisotopic (exact) mass is 257 g/mol. The van der Waals surface area contributed by atoms with Gasteiger partial charge in [0.1, 0.15) is 10.4 Å². The predicted octanol–water partition coefficient (Wildman–Crippen LogP) is 1.95. The van der Waals surface area contributed by atoms with Gasteiger partial charge in [-0.25, -0.2) is 4.98 Å². The van der Waals surface area contributed by atoms with Crippen LogP contribution in [0.5, 0.6) is 0 Å². The normalized spacial score (nSPS) is 16.0. The van der Waals surface area contributed by atoms with Crippen molar-refractivity contribution in [3.8, 4) is 0 Å². The number of nitrogens with zero attached hydrogens (tertiary/aromatic N) is 2. The number of hydrogen-bond donors (Lipinski definition) is 1. The molecule has 4 heteroatoms. The van der Waals surface area contributed by atoms with Crippen LogP contribution >= 0.6 is 15.9 Å². The number of imidazole rings is 1. The Labute approximate surface area is 93.0 Å². The first kappa shape index (κ1) is 10.2. The predicted molar refractivity (Wildman–Crippen MR) is 60.2 cm³/mol. The Morgan fingerprint density at radius 3 is 3.07 bits per heavy atom. The van der Waals surface area contributed by atoms with Crippen LogP contribution in [0.15, 0.2) is 4.60 Å². The summed E-state index contributed by atoms with van der Waals surface area (Å²) in [5.74, 6) is 1.90. The number of halogens is 1. The number of fused-ring (bicyclic) bond motifs is 1. The van der Waals surface area contributed by atoms with Crippen LogP contribution < -0.4 is 5.32 Å². The van der Waals surface area contributed by atoms with Gasteiger partial charge in [0.15, 0.2) is 0 Å². The van der Waals surface area contributed by atoms with E-state index in [4.69, 9.17) is 0 Å². The summed E-state index contributed by atoms with van der Waals surface area (Å²) in [6, 6.07) is 0. The molecule has 3 nitrogen and oxygen atoms in total. The first-order chi connectivity index (χ1) is 6.68. The van der Waals surface area contributed by atoms with Gasteiger partial charge in [0.25, 0.3) is 0 Å². The fraction of sp³-hybridized carbons (Fsp3) is 0.700. The van der Waals surface area contributed by atoms with E-state index in [9.17, 15) is 0 Å². The molecule has 2 rings (SSSR count). The molecule has 0 saturated heterocycles. The molecule has 1 aromatic heterocycles. The summed E-state index contributed by atoms with van der Waals surface area (Å²) >= 11 is 3.52. The molecule has 0 aliphatic carbocycles. The van der Waals surface area contributed by atoms with Gasteiger partial charge < -0.3 is 9.88 Å². The van der Waals surface area contributed by atoms with E-state index in [1.165, 1.54) is 11.5 Å². The van der Waals surface area contributed by atoms with Gasteiger partial charge in [0, 0.05) is 26.1 Å². The largest absolute Gasteiger partial charge is 0.329 e. The van der Waals surface area contributed by atoms with E-state index < -0.39 is 0 Å².